The Labute approximate surface area is 121 Å². The number of carbonyl (C=O) groups is 2. The molecule has 0 saturated carbocycles. The van der Waals surface area contributed by atoms with Crippen LogP contribution in [0.2, 0.25) is 0 Å². The minimum atomic E-state index is -1.06. The molecule has 0 amide bonds. The number of aryl methyl sites for hydroxylation is 2. The minimum Gasteiger partial charge on any atom is -0.477 e. The van der Waals surface area contributed by atoms with Crippen molar-refractivity contribution < 1.29 is 19.8 Å². The molecule has 108 valence electrons. The lowest BCUT2D eigenvalue weighted by Crippen LogP contribution is -2.07. The van der Waals surface area contributed by atoms with Crippen molar-refractivity contribution >= 4 is 11.9 Å². The minimum absolute atomic E-state index is 0.0437. The molecule has 0 unspecified atom stereocenters. The number of carboxylic acid groups (broad SMARTS) is 2. The number of carboxylic acids is 2. The first-order chi connectivity index (χ1) is 10.1. The molecule has 0 saturated heterocycles. The Morgan fingerprint density at radius 2 is 1.29 bits per heavy atom. The standard InChI is InChI=1S/C15H14N2O4/c18-14(19)12-10(6-2-8-16-12)4-1-5-11-7-3-9-17-13(11)15(20)21/h2-3,6-9H,1,4-5H2,(H,18,19)(H,20,21). The Morgan fingerprint density at radius 1 is 0.857 bits per heavy atom. The van der Waals surface area contributed by atoms with Gasteiger partial charge in [0, 0.05) is 12.4 Å². The van der Waals surface area contributed by atoms with Gasteiger partial charge >= 0.3 is 11.9 Å². The third kappa shape index (κ3) is 3.62. The highest BCUT2D eigenvalue weighted by Gasteiger charge is 2.13. The Kier molecular flexibility index (Phi) is 4.61. The Balaban J connectivity index is 2.06. The maximum Gasteiger partial charge on any atom is 0.354 e. The smallest absolute Gasteiger partial charge is 0.354 e. The summed E-state index contributed by atoms with van der Waals surface area (Å²) < 4.78 is 0. The molecule has 2 heterocycles. The zero-order valence-electron chi connectivity index (χ0n) is 11.2. The second-order valence-corrected chi connectivity index (χ2v) is 4.49. The SMILES string of the molecule is O=C(O)c1ncccc1CCCc1cccnc1C(=O)O. The second-order valence-electron chi connectivity index (χ2n) is 4.49. The highest BCUT2D eigenvalue weighted by atomic mass is 16.4. The van der Waals surface area contributed by atoms with Crippen LogP contribution in [0.4, 0.5) is 0 Å². The Morgan fingerprint density at radius 3 is 1.67 bits per heavy atom. The lowest BCUT2D eigenvalue weighted by molar-refractivity contribution is 0.0679. The van der Waals surface area contributed by atoms with Gasteiger partial charge < -0.3 is 10.2 Å². The van der Waals surface area contributed by atoms with Crippen LogP contribution >= 0.6 is 0 Å². The first kappa shape index (κ1) is 14.6. The largest absolute Gasteiger partial charge is 0.477 e. The van der Waals surface area contributed by atoms with E-state index in [0.29, 0.717) is 30.4 Å². The highest BCUT2D eigenvalue weighted by Crippen LogP contribution is 2.13. The lowest BCUT2D eigenvalue weighted by atomic mass is 10.0. The van der Waals surface area contributed by atoms with E-state index in [4.69, 9.17) is 10.2 Å². The Bertz CT molecular complexity index is 613. The molecule has 0 aliphatic heterocycles. The fraction of sp³-hybridized carbons (Fsp3) is 0.200. The van der Waals surface area contributed by atoms with Crippen LogP contribution in [-0.4, -0.2) is 32.1 Å². The van der Waals surface area contributed by atoms with Gasteiger partial charge in [0.15, 0.2) is 11.4 Å². The summed E-state index contributed by atoms with van der Waals surface area (Å²) in [5.41, 5.74) is 1.38. The normalized spacial score (nSPS) is 10.3. The number of pyridine rings is 2. The van der Waals surface area contributed by atoms with E-state index in [1.807, 2.05) is 0 Å². The van der Waals surface area contributed by atoms with E-state index in [-0.39, 0.29) is 11.4 Å². The molecule has 0 atom stereocenters. The average molecular weight is 286 g/mol. The maximum atomic E-state index is 11.0. The molecule has 0 fully saturated rings. The van der Waals surface area contributed by atoms with Gasteiger partial charge in [-0.2, -0.15) is 0 Å². The third-order valence-electron chi connectivity index (χ3n) is 3.08. The van der Waals surface area contributed by atoms with Crippen molar-refractivity contribution in [3.05, 3.63) is 59.2 Å². The molecule has 2 aromatic rings. The van der Waals surface area contributed by atoms with Crippen LogP contribution in [0.25, 0.3) is 0 Å². The monoisotopic (exact) mass is 286 g/mol. The van der Waals surface area contributed by atoms with Gasteiger partial charge in [-0.3, -0.25) is 0 Å². The Hall–Kier alpha value is -2.76. The number of aromatic carboxylic acids is 2. The number of hydrogen-bond acceptors (Lipinski definition) is 4. The van der Waals surface area contributed by atoms with Crippen LogP contribution in [0.1, 0.15) is 38.5 Å². The maximum absolute atomic E-state index is 11.0. The molecule has 21 heavy (non-hydrogen) atoms. The van der Waals surface area contributed by atoms with Gasteiger partial charge in [-0.15, -0.1) is 0 Å². The molecule has 0 aromatic carbocycles. The van der Waals surface area contributed by atoms with Crippen LogP contribution in [-0.2, 0) is 12.8 Å². The van der Waals surface area contributed by atoms with Gasteiger partial charge in [0.1, 0.15) is 0 Å². The lowest BCUT2D eigenvalue weighted by Gasteiger charge is -2.06. The first-order valence-corrected chi connectivity index (χ1v) is 6.44. The van der Waals surface area contributed by atoms with Crippen molar-refractivity contribution in [3.8, 4) is 0 Å². The molecule has 2 N–H and O–H groups in total. The van der Waals surface area contributed by atoms with Gasteiger partial charge in [0.05, 0.1) is 0 Å². The summed E-state index contributed by atoms with van der Waals surface area (Å²) in [6.07, 6.45) is 4.54. The molecule has 0 aliphatic carbocycles. The molecular formula is C15H14N2O4. The molecule has 6 heteroatoms. The molecule has 0 spiro atoms. The van der Waals surface area contributed by atoms with Crippen molar-refractivity contribution in [1.82, 2.24) is 9.97 Å². The summed E-state index contributed by atoms with van der Waals surface area (Å²) >= 11 is 0. The van der Waals surface area contributed by atoms with Crippen LogP contribution in [0.15, 0.2) is 36.7 Å². The van der Waals surface area contributed by atoms with E-state index >= 15 is 0 Å². The molecule has 2 rings (SSSR count). The van der Waals surface area contributed by atoms with E-state index in [9.17, 15) is 9.59 Å². The summed E-state index contributed by atoms with van der Waals surface area (Å²) in [7, 11) is 0. The van der Waals surface area contributed by atoms with Crippen molar-refractivity contribution in [2.45, 2.75) is 19.3 Å². The van der Waals surface area contributed by atoms with E-state index in [0.717, 1.165) is 0 Å². The van der Waals surface area contributed by atoms with Gasteiger partial charge in [-0.25, -0.2) is 19.6 Å². The van der Waals surface area contributed by atoms with E-state index in [1.54, 1.807) is 24.3 Å². The van der Waals surface area contributed by atoms with Gasteiger partial charge in [-0.05, 0) is 42.5 Å². The van der Waals surface area contributed by atoms with Crippen LogP contribution in [0, 0.1) is 0 Å². The summed E-state index contributed by atoms with van der Waals surface area (Å²) in [6, 6.07) is 6.82. The predicted molar refractivity (Wildman–Crippen MR) is 74.4 cm³/mol. The van der Waals surface area contributed by atoms with Gasteiger partial charge in [0.25, 0.3) is 0 Å². The fourth-order valence-electron chi connectivity index (χ4n) is 2.14. The quantitative estimate of drug-likeness (QED) is 0.842. The zero-order chi connectivity index (χ0) is 15.2. The topological polar surface area (TPSA) is 100 Å². The summed E-state index contributed by atoms with van der Waals surface area (Å²) in [4.78, 5) is 29.8. The average Bonchev–Trinajstić information content (AvgIpc) is 2.48. The second kappa shape index (κ2) is 6.60. The highest BCUT2D eigenvalue weighted by molar-refractivity contribution is 5.87. The third-order valence-corrected chi connectivity index (χ3v) is 3.08. The number of nitrogens with zero attached hydrogens (tertiary/aromatic N) is 2. The molecule has 6 nitrogen and oxygen atoms in total. The molecular weight excluding hydrogens is 272 g/mol. The van der Waals surface area contributed by atoms with E-state index < -0.39 is 11.9 Å². The first-order valence-electron chi connectivity index (χ1n) is 6.44. The van der Waals surface area contributed by atoms with E-state index in [1.165, 1.54) is 12.4 Å². The van der Waals surface area contributed by atoms with Gasteiger partial charge in [0.2, 0.25) is 0 Å². The van der Waals surface area contributed by atoms with Crippen LogP contribution < -0.4 is 0 Å². The summed E-state index contributed by atoms with van der Waals surface area (Å²) in [6.45, 7) is 0. The van der Waals surface area contributed by atoms with Crippen molar-refractivity contribution in [2.75, 3.05) is 0 Å². The van der Waals surface area contributed by atoms with Crippen molar-refractivity contribution in [3.63, 3.8) is 0 Å². The van der Waals surface area contributed by atoms with E-state index in [2.05, 4.69) is 9.97 Å². The molecule has 0 aliphatic rings. The van der Waals surface area contributed by atoms with Crippen LogP contribution in [0.5, 0.6) is 0 Å². The van der Waals surface area contributed by atoms with Gasteiger partial charge in [-0.1, -0.05) is 12.1 Å². The number of rotatable bonds is 6. The molecule has 0 bridgehead atoms. The fourth-order valence-corrected chi connectivity index (χ4v) is 2.14. The van der Waals surface area contributed by atoms with Crippen molar-refractivity contribution in [2.24, 2.45) is 0 Å². The zero-order valence-corrected chi connectivity index (χ0v) is 11.2. The number of aromatic nitrogens is 2. The van der Waals surface area contributed by atoms with Crippen LogP contribution in [0.3, 0.4) is 0 Å². The molecule has 2 aromatic heterocycles. The number of hydrogen-bond donors (Lipinski definition) is 2. The summed E-state index contributed by atoms with van der Waals surface area (Å²) in [5.74, 6) is -2.11. The van der Waals surface area contributed by atoms with Crippen molar-refractivity contribution in [1.29, 1.82) is 0 Å². The molecule has 0 radical (unpaired) electrons. The predicted octanol–water partition coefficient (Wildman–Crippen LogP) is 2.05. The summed E-state index contributed by atoms with van der Waals surface area (Å²) in [5, 5.41) is 18.1.